The molecule has 0 aliphatic carbocycles. The number of ether oxygens (including phenoxy) is 1. The monoisotopic (exact) mass is 546 g/mol. The molecular formula is C23H26F4N4O5S. The minimum atomic E-state index is -5.03. The highest BCUT2D eigenvalue weighted by Gasteiger charge is 2.46. The highest BCUT2D eigenvalue weighted by atomic mass is 32.2. The summed E-state index contributed by atoms with van der Waals surface area (Å²) in [5.74, 6) is -2.89. The van der Waals surface area contributed by atoms with Gasteiger partial charge in [-0.05, 0) is 52.0 Å². The van der Waals surface area contributed by atoms with Gasteiger partial charge in [-0.15, -0.1) is 13.2 Å². The minimum Gasteiger partial charge on any atom is -0.406 e. The third-order valence-corrected chi connectivity index (χ3v) is 7.91. The molecule has 0 radical (unpaired) electrons. The van der Waals surface area contributed by atoms with E-state index in [0.717, 1.165) is 12.3 Å². The lowest BCUT2D eigenvalue weighted by Crippen LogP contribution is -2.63. The molecule has 1 aliphatic rings. The van der Waals surface area contributed by atoms with Crippen LogP contribution < -0.4 is 15.4 Å². The molecule has 0 spiro atoms. The normalized spacial score (nSPS) is 17.3. The van der Waals surface area contributed by atoms with Gasteiger partial charge in [-0.25, -0.2) is 12.8 Å². The summed E-state index contributed by atoms with van der Waals surface area (Å²) >= 11 is 0. The Hall–Kier alpha value is -3.26. The van der Waals surface area contributed by atoms with Gasteiger partial charge in [-0.3, -0.25) is 15.2 Å². The highest BCUT2D eigenvalue weighted by molar-refractivity contribution is 7.93. The van der Waals surface area contributed by atoms with E-state index in [9.17, 15) is 35.9 Å². The van der Waals surface area contributed by atoms with E-state index >= 15 is 0 Å². The van der Waals surface area contributed by atoms with E-state index in [-0.39, 0.29) is 28.5 Å². The summed E-state index contributed by atoms with van der Waals surface area (Å²) in [4.78, 5) is 16.9. The number of sulfone groups is 1. The zero-order valence-corrected chi connectivity index (χ0v) is 21.1. The van der Waals surface area contributed by atoms with Crippen molar-refractivity contribution in [2.45, 2.75) is 51.2 Å². The quantitative estimate of drug-likeness (QED) is 0.295. The number of halogens is 4. The molecule has 202 valence electrons. The van der Waals surface area contributed by atoms with Gasteiger partial charge in [0.2, 0.25) is 0 Å². The van der Waals surface area contributed by atoms with E-state index in [1.54, 1.807) is 13.8 Å². The fraction of sp³-hybridized carbons (Fsp3) is 0.435. The number of anilines is 1. The van der Waals surface area contributed by atoms with Crippen molar-refractivity contribution in [3.63, 3.8) is 0 Å². The molecule has 37 heavy (non-hydrogen) atoms. The fourth-order valence-corrected chi connectivity index (χ4v) is 5.68. The summed E-state index contributed by atoms with van der Waals surface area (Å²) in [5, 5.41) is 24.4. The Morgan fingerprint density at radius 3 is 2.41 bits per heavy atom. The first-order valence-corrected chi connectivity index (χ1v) is 12.8. The summed E-state index contributed by atoms with van der Waals surface area (Å²) in [5.41, 5.74) is -3.65. The van der Waals surface area contributed by atoms with E-state index in [4.69, 9.17) is 5.41 Å². The summed E-state index contributed by atoms with van der Waals surface area (Å²) in [6.45, 7) is 6.15. The number of hydrogen-bond donors (Lipinski definition) is 4. The summed E-state index contributed by atoms with van der Waals surface area (Å²) in [6.07, 6.45) is -3.96. The predicted molar refractivity (Wildman–Crippen MR) is 127 cm³/mol. The lowest BCUT2D eigenvalue weighted by molar-refractivity contribution is -0.274. The molecule has 0 saturated carbocycles. The Balaban J connectivity index is 2.00. The number of nitrogens with one attached hydrogen (secondary N) is 3. The van der Waals surface area contributed by atoms with E-state index in [2.05, 4.69) is 20.4 Å². The van der Waals surface area contributed by atoms with Crippen molar-refractivity contribution in [3.8, 4) is 5.75 Å². The number of alkyl halides is 3. The summed E-state index contributed by atoms with van der Waals surface area (Å²) in [6, 6.07) is 2.77. The number of carbonyl (C=O) groups excluding carboxylic acids is 1. The largest absolute Gasteiger partial charge is 0.573 e. The number of carbonyl (C=O) groups is 1. The van der Waals surface area contributed by atoms with Gasteiger partial charge in [-0.2, -0.15) is 0 Å². The molecule has 2 heterocycles. The van der Waals surface area contributed by atoms with Gasteiger partial charge < -0.3 is 20.5 Å². The van der Waals surface area contributed by atoms with Crippen LogP contribution in [0.25, 0.3) is 0 Å². The maximum Gasteiger partial charge on any atom is 0.573 e. The maximum absolute atomic E-state index is 14.5. The molecular weight excluding hydrogens is 520 g/mol. The van der Waals surface area contributed by atoms with Crippen molar-refractivity contribution in [2.75, 3.05) is 16.8 Å². The molecule has 4 N–H and O–H groups in total. The Labute approximate surface area is 210 Å². The van der Waals surface area contributed by atoms with Crippen LogP contribution in [0.1, 0.15) is 49.3 Å². The van der Waals surface area contributed by atoms with Crippen LogP contribution in [0.2, 0.25) is 0 Å². The van der Waals surface area contributed by atoms with Gasteiger partial charge in [0, 0.05) is 11.8 Å². The van der Waals surface area contributed by atoms with E-state index in [1.807, 2.05) is 0 Å². The topological polar surface area (TPSA) is 141 Å². The Kier molecular flexibility index (Phi) is 7.32. The van der Waals surface area contributed by atoms with Crippen molar-refractivity contribution >= 4 is 27.1 Å². The number of hydrogen-bond acceptors (Lipinski definition) is 8. The van der Waals surface area contributed by atoms with Crippen LogP contribution in [0, 0.1) is 11.2 Å². The third kappa shape index (κ3) is 6.95. The summed E-state index contributed by atoms with van der Waals surface area (Å²) < 4.78 is 79.4. The van der Waals surface area contributed by atoms with Crippen LogP contribution in [-0.4, -0.2) is 65.2 Å². The Morgan fingerprint density at radius 1 is 1.24 bits per heavy atom. The summed E-state index contributed by atoms with van der Waals surface area (Å²) in [7, 11) is -3.24. The minimum absolute atomic E-state index is 0.0141. The molecule has 1 aromatic heterocycles. The SMILES string of the molecule is C[C@@H](Nc1cc(C(=O)NC2(C)CS(=O)(=O)C2)cnc1C(=N)c1cc(OC(F)(F)F)ccc1F)C(C)(C)O. The van der Waals surface area contributed by atoms with Crippen molar-refractivity contribution in [3.05, 3.63) is 53.1 Å². The van der Waals surface area contributed by atoms with Gasteiger partial charge >= 0.3 is 6.36 Å². The zero-order chi connectivity index (χ0) is 28.0. The Morgan fingerprint density at radius 2 is 1.86 bits per heavy atom. The van der Waals surface area contributed by atoms with Crippen LogP contribution in [0.5, 0.6) is 5.75 Å². The lowest BCUT2D eigenvalue weighted by atomic mass is 9.98. The molecule has 1 atom stereocenters. The number of amides is 1. The lowest BCUT2D eigenvalue weighted by Gasteiger charge is -2.38. The number of aromatic nitrogens is 1. The van der Waals surface area contributed by atoms with Crippen LogP contribution in [0.15, 0.2) is 30.5 Å². The average molecular weight is 547 g/mol. The van der Waals surface area contributed by atoms with Gasteiger partial charge in [0.1, 0.15) is 17.3 Å². The molecule has 1 amide bonds. The third-order valence-electron chi connectivity index (χ3n) is 5.75. The average Bonchev–Trinajstić information content (AvgIpc) is 2.71. The highest BCUT2D eigenvalue weighted by Crippen LogP contribution is 2.29. The smallest absolute Gasteiger partial charge is 0.406 e. The van der Waals surface area contributed by atoms with Crippen molar-refractivity contribution in [2.24, 2.45) is 0 Å². The molecule has 3 rings (SSSR count). The Bertz CT molecular complexity index is 1330. The first kappa shape index (κ1) is 28.3. The van der Waals surface area contributed by atoms with Crippen LogP contribution in [0.4, 0.5) is 23.2 Å². The standard InChI is InChI=1S/C23H26F4N4O5S/c1-12(21(2,3)33)30-17-7-13(20(32)31-22(4)10-37(34,35)11-22)9-29-19(17)18(28)15-8-14(5-6-16(15)24)36-23(25,26)27/h5-9,12,28,30,33H,10-11H2,1-4H3,(H,31,32)/t12-/m1/s1. The molecule has 1 aromatic carbocycles. The van der Waals surface area contributed by atoms with Crippen LogP contribution in [0.3, 0.4) is 0 Å². The molecule has 1 aliphatic heterocycles. The molecule has 2 aromatic rings. The second-order valence-electron chi connectivity index (χ2n) is 9.75. The molecule has 0 unspecified atom stereocenters. The van der Waals surface area contributed by atoms with Gasteiger partial charge in [0.25, 0.3) is 5.91 Å². The van der Waals surface area contributed by atoms with Crippen molar-refractivity contribution in [1.82, 2.24) is 10.3 Å². The van der Waals surface area contributed by atoms with Gasteiger partial charge in [0.05, 0.1) is 45.7 Å². The molecule has 1 fully saturated rings. The van der Waals surface area contributed by atoms with Crippen molar-refractivity contribution in [1.29, 1.82) is 5.41 Å². The molecule has 1 saturated heterocycles. The first-order valence-electron chi connectivity index (χ1n) is 11.0. The van der Waals surface area contributed by atoms with Crippen molar-refractivity contribution < 1.29 is 40.6 Å². The number of benzene rings is 1. The number of nitrogens with zero attached hydrogens (tertiary/aromatic N) is 1. The van der Waals surface area contributed by atoms with E-state index in [0.29, 0.717) is 12.1 Å². The second kappa shape index (κ2) is 9.56. The molecule has 14 heteroatoms. The second-order valence-corrected chi connectivity index (χ2v) is 11.8. The predicted octanol–water partition coefficient (Wildman–Crippen LogP) is 3.02. The zero-order valence-electron chi connectivity index (χ0n) is 20.3. The number of pyridine rings is 1. The first-order chi connectivity index (χ1) is 16.8. The van der Waals surface area contributed by atoms with Gasteiger partial charge in [-0.1, -0.05) is 0 Å². The molecule has 9 nitrogen and oxygen atoms in total. The van der Waals surface area contributed by atoms with Crippen LogP contribution in [-0.2, 0) is 9.84 Å². The number of rotatable bonds is 8. The van der Waals surface area contributed by atoms with Gasteiger partial charge in [0.15, 0.2) is 9.84 Å². The van der Waals surface area contributed by atoms with Crippen LogP contribution >= 0.6 is 0 Å². The van der Waals surface area contributed by atoms with E-state index in [1.165, 1.54) is 19.9 Å². The maximum atomic E-state index is 14.5. The molecule has 0 bridgehead atoms. The van der Waals surface area contributed by atoms with E-state index < -0.39 is 62.1 Å². The number of aliphatic hydroxyl groups is 1. The fourth-order valence-electron chi connectivity index (χ4n) is 3.68.